The normalized spacial score (nSPS) is 12.8. The lowest BCUT2D eigenvalue weighted by Crippen LogP contribution is -2.11. The fourth-order valence-corrected chi connectivity index (χ4v) is 1.80. The Labute approximate surface area is 109 Å². The van der Waals surface area contributed by atoms with Crippen molar-refractivity contribution in [3.63, 3.8) is 0 Å². The lowest BCUT2D eigenvalue weighted by Gasteiger charge is -2.08. The van der Waals surface area contributed by atoms with Crippen molar-refractivity contribution in [1.82, 2.24) is 19.6 Å². The predicted molar refractivity (Wildman–Crippen MR) is 71.2 cm³/mol. The molecule has 0 radical (unpaired) electrons. The van der Waals surface area contributed by atoms with Crippen molar-refractivity contribution in [2.75, 3.05) is 17.7 Å². The summed E-state index contributed by atoms with van der Waals surface area (Å²) in [6, 6.07) is 1.74. The number of aromatic nitrogens is 4. The summed E-state index contributed by atoms with van der Waals surface area (Å²) in [5.41, 5.74) is 0.284. The Balaban J connectivity index is 1.90. The van der Waals surface area contributed by atoms with E-state index in [4.69, 9.17) is 11.6 Å². The molecular formula is C11H16ClN5O. The molecule has 6 nitrogen and oxygen atoms in total. The van der Waals surface area contributed by atoms with Gasteiger partial charge in [0, 0.05) is 18.5 Å². The fourth-order valence-electron chi connectivity index (χ4n) is 1.65. The summed E-state index contributed by atoms with van der Waals surface area (Å²) < 4.78 is 1.36. The highest BCUT2D eigenvalue weighted by molar-refractivity contribution is 6.18. The quantitative estimate of drug-likeness (QED) is 0.615. The number of anilines is 1. The number of nitrogens with one attached hydrogen (secondary N) is 2. The molecule has 0 aliphatic carbocycles. The molecule has 1 atom stereocenters. The molecule has 2 heterocycles. The Morgan fingerprint density at radius 2 is 2.44 bits per heavy atom. The molecule has 2 aromatic rings. The van der Waals surface area contributed by atoms with Gasteiger partial charge in [0.2, 0.25) is 0 Å². The van der Waals surface area contributed by atoms with Crippen molar-refractivity contribution in [1.29, 1.82) is 0 Å². The van der Waals surface area contributed by atoms with Crippen molar-refractivity contribution in [3.8, 4) is 0 Å². The summed E-state index contributed by atoms with van der Waals surface area (Å²) in [6.07, 6.45) is 3.58. The number of hydrogen-bond donors (Lipinski definition) is 2. The summed E-state index contributed by atoms with van der Waals surface area (Å²) in [4.78, 5) is 15.4. The van der Waals surface area contributed by atoms with Gasteiger partial charge < -0.3 is 5.32 Å². The van der Waals surface area contributed by atoms with Gasteiger partial charge in [-0.3, -0.25) is 0 Å². The van der Waals surface area contributed by atoms with Crippen LogP contribution in [0.25, 0.3) is 5.65 Å². The second-order valence-corrected chi connectivity index (χ2v) is 4.67. The van der Waals surface area contributed by atoms with E-state index in [-0.39, 0.29) is 5.69 Å². The zero-order chi connectivity index (χ0) is 13.0. The van der Waals surface area contributed by atoms with Gasteiger partial charge in [0.1, 0.15) is 12.1 Å². The van der Waals surface area contributed by atoms with E-state index in [1.54, 1.807) is 6.07 Å². The van der Waals surface area contributed by atoms with Crippen LogP contribution in [0.1, 0.15) is 19.8 Å². The van der Waals surface area contributed by atoms with Crippen molar-refractivity contribution in [2.24, 2.45) is 5.92 Å². The maximum absolute atomic E-state index is 11.2. The Kier molecular flexibility index (Phi) is 4.19. The third-order valence-electron chi connectivity index (χ3n) is 2.75. The van der Waals surface area contributed by atoms with Gasteiger partial charge in [-0.05, 0) is 18.8 Å². The van der Waals surface area contributed by atoms with Gasteiger partial charge in [-0.2, -0.15) is 5.10 Å². The number of hydrogen-bond acceptors (Lipinski definition) is 4. The number of nitrogens with zero attached hydrogens (tertiary/aromatic N) is 3. The molecular weight excluding hydrogens is 254 g/mol. The van der Waals surface area contributed by atoms with Crippen LogP contribution in [0.4, 0.5) is 5.82 Å². The molecule has 0 fully saturated rings. The van der Waals surface area contributed by atoms with Crippen LogP contribution in [0.3, 0.4) is 0 Å². The molecule has 18 heavy (non-hydrogen) atoms. The van der Waals surface area contributed by atoms with E-state index in [0.29, 0.717) is 17.4 Å². The molecule has 98 valence electrons. The number of rotatable bonds is 6. The van der Waals surface area contributed by atoms with E-state index < -0.39 is 0 Å². The van der Waals surface area contributed by atoms with Crippen molar-refractivity contribution in [2.45, 2.75) is 19.8 Å². The summed E-state index contributed by atoms with van der Waals surface area (Å²) in [5, 5.41) is 9.45. The van der Waals surface area contributed by atoms with Crippen LogP contribution in [-0.2, 0) is 0 Å². The Hall–Kier alpha value is -1.56. The summed E-state index contributed by atoms with van der Waals surface area (Å²) >= 11 is 5.74. The maximum Gasteiger partial charge on any atom is 0.348 e. The lowest BCUT2D eigenvalue weighted by molar-refractivity contribution is 0.572. The molecule has 2 rings (SSSR count). The SMILES string of the molecule is CC(CCl)CCCNc1cc2n[nH]c(=O)n2cn1. The third-order valence-corrected chi connectivity index (χ3v) is 3.28. The molecule has 7 heteroatoms. The molecule has 2 aromatic heterocycles. The highest BCUT2D eigenvalue weighted by atomic mass is 35.5. The fraction of sp³-hybridized carbons (Fsp3) is 0.545. The first-order chi connectivity index (χ1) is 8.70. The average molecular weight is 270 g/mol. The zero-order valence-electron chi connectivity index (χ0n) is 10.2. The van der Waals surface area contributed by atoms with Crippen LogP contribution >= 0.6 is 11.6 Å². The van der Waals surface area contributed by atoms with Crippen LogP contribution < -0.4 is 11.0 Å². The number of alkyl halides is 1. The second-order valence-electron chi connectivity index (χ2n) is 4.36. The molecule has 0 aliphatic heterocycles. The number of fused-ring (bicyclic) bond motifs is 1. The highest BCUT2D eigenvalue weighted by Gasteiger charge is 2.02. The van der Waals surface area contributed by atoms with Gasteiger partial charge in [0.05, 0.1) is 0 Å². The van der Waals surface area contributed by atoms with E-state index >= 15 is 0 Å². The molecule has 0 saturated carbocycles. The van der Waals surface area contributed by atoms with Crippen LogP contribution in [0.2, 0.25) is 0 Å². The standard InChI is InChI=1S/C11H16ClN5O/c1-8(6-12)3-2-4-13-9-5-10-15-16-11(18)17(10)7-14-9/h5,7-8,13H,2-4,6H2,1H3,(H,16,18). The zero-order valence-corrected chi connectivity index (χ0v) is 10.9. The molecule has 0 bridgehead atoms. The molecule has 0 aliphatic rings. The average Bonchev–Trinajstić information content (AvgIpc) is 2.76. The van der Waals surface area contributed by atoms with Crippen molar-refractivity contribution in [3.05, 3.63) is 22.9 Å². The van der Waals surface area contributed by atoms with Gasteiger partial charge >= 0.3 is 5.69 Å². The van der Waals surface area contributed by atoms with Gasteiger partial charge in [-0.1, -0.05) is 6.92 Å². The van der Waals surface area contributed by atoms with Gasteiger partial charge in [0.25, 0.3) is 0 Å². The summed E-state index contributed by atoms with van der Waals surface area (Å²) in [5.74, 6) is 1.95. The van der Waals surface area contributed by atoms with E-state index in [1.807, 2.05) is 0 Å². The van der Waals surface area contributed by atoms with Gasteiger partial charge in [-0.25, -0.2) is 19.3 Å². The van der Waals surface area contributed by atoms with E-state index in [0.717, 1.165) is 25.2 Å². The molecule has 0 aromatic carbocycles. The number of aromatic amines is 1. The van der Waals surface area contributed by atoms with Crippen LogP contribution in [0.15, 0.2) is 17.2 Å². The van der Waals surface area contributed by atoms with E-state index in [9.17, 15) is 4.79 Å². The molecule has 2 N–H and O–H groups in total. The second kappa shape index (κ2) is 5.86. The third kappa shape index (κ3) is 3.01. The van der Waals surface area contributed by atoms with Gasteiger partial charge in [0.15, 0.2) is 5.65 Å². The van der Waals surface area contributed by atoms with Crippen LogP contribution in [0.5, 0.6) is 0 Å². The highest BCUT2D eigenvalue weighted by Crippen LogP contribution is 2.08. The minimum absolute atomic E-state index is 0.278. The number of halogens is 1. The van der Waals surface area contributed by atoms with E-state index in [2.05, 4.69) is 27.4 Å². The summed E-state index contributed by atoms with van der Waals surface area (Å²) in [6.45, 7) is 2.96. The van der Waals surface area contributed by atoms with E-state index in [1.165, 1.54) is 10.7 Å². The van der Waals surface area contributed by atoms with Gasteiger partial charge in [-0.15, -0.1) is 11.6 Å². The van der Waals surface area contributed by atoms with Crippen molar-refractivity contribution >= 4 is 23.1 Å². The Morgan fingerprint density at radius 1 is 1.61 bits per heavy atom. The topological polar surface area (TPSA) is 75.1 Å². The van der Waals surface area contributed by atoms with Crippen LogP contribution in [0, 0.1) is 5.92 Å². The van der Waals surface area contributed by atoms with Crippen LogP contribution in [-0.4, -0.2) is 32.0 Å². The minimum atomic E-state index is -0.278. The summed E-state index contributed by atoms with van der Waals surface area (Å²) in [7, 11) is 0. The Morgan fingerprint density at radius 3 is 3.22 bits per heavy atom. The monoisotopic (exact) mass is 269 g/mol. The Bertz CT molecular complexity index is 564. The maximum atomic E-state index is 11.2. The molecule has 0 amide bonds. The smallest absolute Gasteiger partial charge is 0.348 e. The van der Waals surface area contributed by atoms with Crippen molar-refractivity contribution < 1.29 is 0 Å². The first-order valence-electron chi connectivity index (χ1n) is 5.93. The lowest BCUT2D eigenvalue weighted by atomic mass is 10.1. The predicted octanol–water partition coefficient (Wildman–Crippen LogP) is 1.48. The molecule has 0 saturated heterocycles. The largest absolute Gasteiger partial charge is 0.370 e. The number of H-pyrrole nitrogens is 1. The first kappa shape index (κ1) is 12.9. The first-order valence-corrected chi connectivity index (χ1v) is 6.47. The molecule has 1 unspecified atom stereocenters. The molecule has 0 spiro atoms. The minimum Gasteiger partial charge on any atom is -0.370 e.